The van der Waals surface area contributed by atoms with Crippen molar-refractivity contribution in [1.29, 1.82) is 0 Å². The Labute approximate surface area is 131 Å². The topological polar surface area (TPSA) is 56.1 Å². The lowest BCUT2D eigenvalue weighted by Crippen LogP contribution is -2.54. The van der Waals surface area contributed by atoms with Gasteiger partial charge < -0.3 is 4.74 Å². The molecule has 0 aliphatic heterocycles. The summed E-state index contributed by atoms with van der Waals surface area (Å²) >= 11 is 1.72. The van der Waals surface area contributed by atoms with E-state index in [1.807, 2.05) is 47.1 Å². The standard InChI is InChI=1S/C15H27N3O2S/c1-7-20-14(19)15(5,17-11(2)3)8-12(4)21-13-9-16-18(6)10-13/h9-12,17H,7-8H2,1-6H3. The smallest absolute Gasteiger partial charge is 0.326 e. The number of carbonyl (C=O) groups is 1. The van der Waals surface area contributed by atoms with Crippen LogP contribution in [0, 0.1) is 0 Å². The van der Waals surface area contributed by atoms with Gasteiger partial charge >= 0.3 is 5.97 Å². The van der Waals surface area contributed by atoms with E-state index in [0.717, 1.165) is 4.90 Å². The van der Waals surface area contributed by atoms with Gasteiger partial charge in [-0.3, -0.25) is 14.8 Å². The van der Waals surface area contributed by atoms with E-state index in [1.54, 1.807) is 16.4 Å². The van der Waals surface area contributed by atoms with Crippen LogP contribution < -0.4 is 5.32 Å². The first kappa shape index (κ1) is 18.0. The molecule has 0 aliphatic carbocycles. The molecule has 0 aromatic carbocycles. The first-order chi connectivity index (χ1) is 9.76. The van der Waals surface area contributed by atoms with Crippen LogP contribution in [0.15, 0.2) is 17.3 Å². The quantitative estimate of drug-likeness (QED) is 0.590. The van der Waals surface area contributed by atoms with Crippen LogP contribution in [0.4, 0.5) is 0 Å². The molecular formula is C15H27N3O2S. The van der Waals surface area contributed by atoms with Gasteiger partial charge in [-0.25, -0.2) is 0 Å². The Balaban J connectivity index is 2.72. The number of aryl methyl sites for hydroxylation is 1. The molecule has 1 N–H and O–H groups in total. The zero-order valence-electron chi connectivity index (χ0n) is 13.8. The van der Waals surface area contributed by atoms with E-state index < -0.39 is 5.54 Å². The van der Waals surface area contributed by atoms with E-state index in [2.05, 4.69) is 17.3 Å². The average molecular weight is 313 g/mol. The average Bonchev–Trinajstić information content (AvgIpc) is 2.73. The van der Waals surface area contributed by atoms with Gasteiger partial charge in [0.25, 0.3) is 0 Å². The lowest BCUT2D eigenvalue weighted by molar-refractivity contribution is -0.151. The molecule has 0 saturated heterocycles. The van der Waals surface area contributed by atoms with Crippen LogP contribution in [0.1, 0.15) is 41.0 Å². The Kier molecular flexibility index (Phi) is 6.74. The summed E-state index contributed by atoms with van der Waals surface area (Å²) in [5.74, 6) is -0.183. The van der Waals surface area contributed by atoms with Crippen LogP contribution >= 0.6 is 11.8 Å². The summed E-state index contributed by atoms with van der Waals surface area (Å²) in [6.07, 6.45) is 4.53. The molecule has 2 atom stereocenters. The van der Waals surface area contributed by atoms with Gasteiger partial charge in [0.2, 0.25) is 0 Å². The minimum Gasteiger partial charge on any atom is -0.465 e. The number of thioether (sulfide) groups is 1. The second kappa shape index (κ2) is 7.84. The summed E-state index contributed by atoms with van der Waals surface area (Å²) in [5.41, 5.74) is -0.668. The molecule has 2 unspecified atom stereocenters. The number of hydrogen-bond donors (Lipinski definition) is 1. The van der Waals surface area contributed by atoms with Crippen LogP contribution in [-0.2, 0) is 16.6 Å². The molecule has 0 radical (unpaired) electrons. The third-order valence-corrected chi connectivity index (χ3v) is 4.10. The number of esters is 1. The van der Waals surface area contributed by atoms with Crippen LogP contribution in [0.5, 0.6) is 0 Å². The molecule has 1 heterocycles. The first-order valence-corrected chi connectivity index (χ1v) is 8.25. The highest BCUT2D eigenvalue weighted by molar-refractivity contribution is 7.99. The van der Waals surface area contributed by atoms with E-state index >= 15 is 0 Å². The van der Waals surface area contributed by atoms with Gasteiger partial charge in [0.1, 0.15) is 5.54 Å². The van der Waals surface area contributed by atoms with Gasteiger partial charge in [-0.15, -0.1) is 11.8 Å². The number of rotatable bonds is 8. The van der Waals surface area contributed by atoms with Crippen molar-refractivity contribution in [3.63, 3.8) is 0 Å². The fourth-order valence-corrected chi connectivity index (χ4v) is 3.64. The van der Waals surface area contributed by atoms with Crippen molar-refractivity contribution in [2.24, 2.45) is 7.05 Å². The summed E-state index contributed by atoms with van der Waals surface area (Å²) in [7, 11) is 1.90. The van der Waals surface area contributed by atoms with Gasteiger partial charge in [0.05, 0.1) is 12.8 Å². The highest BCUT2D eigenvalue weighted by Gasteiger charge is 2.36. The fraction of sp³-hybridized carbons (Fsp3) is 0.733. The molecule has 120 valence electrons. The van der Waals surface area contributed by atoms with Crippen molar-refractivity contribution in [3.8, 4) is 0 Å². The summed E-state index contributed by atoms with van der Waals surface area (Å²) < 4.78 is 7.02. The van der Waals surface area contributed by atoms with E-state index in [9.17, 15) is 4.79 Å². The Morgan fingerprint density at radius 3 is 2.67 bits per heavy atom. The summed E-state index contributed by atoms with van der Waals surface area (Å²) in [4.78, 5) is 13.4. The Bertz CT molecular complexity index is 462. The van der Waals surface area contributed by atoms with Gasteiger partial charge in [-0.1, -0.05) is 6.92 Å². The molecule has 0 aliphatic rings. The van der Waals surface area contributed by atoms with Gasteiger partial charge in [0.15, 0.2) is 0 Å². The van der Waals surface area contributed by atoms with E-state index in [4.69, 9.17) is 4.74 Å². The second-order valence-electron chi connectivity index (χ2n) is 5.83. The van der Waals surface area contributed by atoms with Crippen molar-refractivity contribution in [2.75, 3.05) is 6.61 Å². The lowest BCUT2D eigenvalue weighted by atomic mass is 9.95. The molecule has 1 aromatic rings. The Morgan fingerprint density at radius 2 is 2.19 bits per heavy atom. The van der Waals surface area contributed by atoms with Crippen LogP contribution in [0.3, 0.4) is 0 Å². The minimum atomic E-state index is -0.668. The van der Waals surface area contributed by atoms with Crippen LogP contribution in [0.2, 0.25) is 0 Å². The number of nitrogens with one attached hydrogen (secondary N) is 1. The van der Waals surface area contributed by atoms with Crippen molar-refractivity contribution in [1.82, 2.24) is 15.1 Å². The van der Waals surface area contributed by atoms with Crippen molar-refractivity contribution >= 4 is 17.7 Å². The molecule has 6 heteroatoms. The first-order valence-electron chi connectivity index (χ1n) is 7.37. The maximum Gasteiger partial charge on any atom is 0.326 e. The molecule has 0 spiro atoms. The molecule has 1 rings (SSSR count). The summed E-state index contributed by atoms with van der Waals surface area (Å²) in [5, 5.41) is 7.79. The fourth-order valence-electron chi connectivity index (χ4n) is 2.44. The number of nitrogens with zero attached hydrogens (tertiary/aromatic N) is 2. The molecular weight excluding hydrogens is 286 g/mol. The maximum atomic E-state index is 12.3. The SMILES string of the molecule is CCOC(=O)C(C)(CC(C)Sc1cnn(C)c1)NC(C)C. The highest BCUT2D eigenvalue weighted by atomic mass is 32.2. The normalized spacial score (nSPS) is 15.8. The minimum absolute atomic E-state index is 0.183. The zero-order valence-corrected chi connectivity index (χ0v) is 14.7. The predicted molar refractivity (Wildman–Crippen MR) is 86.5 cm³/mol. The Morgan fingerprint density at radius 1 is 1.52 bits per heavy atom. The zero-order chi connectivity index (χ0) is 16.0. The molecule has 5 nitrogen and oxygen atoms in total. The monoisotopic (exact) mass is 313 g/mol. The maximum absolute atomic E-state index is 12.3. The van der Waals surface area contributed by atoms with Crippen molar-refractivity contribution in [3.05, 3.63) is 12.4 Å². The molecule has 0 saturated carbocycles. The van der Waals surface area contributed by atoms with E-state index in [0.29, 0.717) is 13.0 Å². The second-order valence-corrected chi connectivity index (χ2v) is 7.35. The largest absolute Gasteiger partial charge is 0.465 e. The van der Waals surface area contributed by atoms with Crippen molar-refractivity contribution < 1.29 is 9.53 Å². The summed E-state index contributed by atoms with van der Waals surface area (Å²) in [6, 6.07) is 0.218. The van der Waals surface area contributed by atoms with Crippen LogP contribution in [0.25, 0.3) is 0 Å². The molecule has 1 aromatic heterocycles. The van der Waals surface area contributed by atoms with Gasteiger partial charge in [0, 0.05) is 29.4 Å². The van der Waals surface area contributed by atoms with Crippen molar-refractivity contribution in [2.45, 2.75) is 62.8 Å². The summed E-state index contributed by atoms with van der Waals surface area (Å²) in [6.45, 7) is 10.4. The molecule has 0 bridgehead atoms. The number of ether oxygens (including phenoxy) is 1. The Hall–Kier alpha value is -1.01. The third-order valence-electron chi connectivity index (χ3n) is 3.05. The molecule has 21 heavy (non-hydrogen) atoms. The van der Waals surface area contributed by atoms with E-state index in [-0.39, 0.29) is 17.3 Å². The number of hydrogen-bond acceptors (Lipinski definition) is 5. The van der Waals surface area contributed by atoms with E-state index in [1.165, 1.54) is 0 Å². The lowest BCUT2D eigenvalue weighted by Gasteiger charge is -2.32. The predicted octanol–water partition coefficient (Wildman–Crippen LogP) is 2.61. The third kappa shape index (κ3) is 5.71. The molecule has 0 fully saturated rings. The van der Waals surface area contributed by atoms with Gasteiger partial charge in [-0.2, -0.15) is 5.10 Å². The number of carbonyl (C=O) groups excluding carboxylic acids is 1. The highest BCUT2D eigenvalue weighted by Crippen LogP contribution is 2.29. The molecule has 0 amide bonds. The van der Waals surface area contributed by atoms with Crippen LogP contribution in [-0.4, -0.2) is 39.2 Å². The van der Waals surface area contributed by atoms with Gasteiger partial charge in [-0.05, 0) is 34.1 Å². The number of aromatic nitrogens is 2.